The maximum absolute atomic E-state index is 12.4. The summed E-state index contributed by atoms with van der Waals surface area (Å²) in [5.41, 5.74) is 7.38. The maximum atomic E-state index is 12.4. The molecule has 1 saturated carbocycles. The van der Waals surface area contributed by atoms with E-state index >= 15 is 0 Å². The Kier molecular flexibility index (Phi) is 5.56. The molecule has 4 nitrogen and oxygen atoms in total. The van der Waals surface area contributed by atoms with Crippen LogP contribution in [0, 0.1) is 0 Å². The van der Waals surface area contributed by atoms with Crippen LogP contribution in [0.5, 0.6) is 0 Å². The van der Waals surface area contributed by atoms with Gasteiger partial charge in [0.15, 0.2) is 0 Å². The zero-order valence-corrected chi connectivity index (χ0v) is 13.9. The van der Waals surface area contributed by atoms with E-state index in [4.69, 9.17) is 5.73 Å². The van der Waals surface area contributed by atoms with E-state index in [2.05, 4.69) is 10.3 Å². The van der Waals surface area contributed by atoms with Crippen molar-refractivity contribution in [2.45, 2.75) is 37.6 Å². The highest BCUT2D eigenvalue weighted by Crippen LogP contribution is 2.28. The molecule has 0 unspecified atom stereocenters. The molecule has 0 atom stereocenters. The highest BCUT2D eigenvalue weighted by atomic mass is 35.5. The van der Waals surface area contributed by atoms with Crippen molar-refractivity contribution in [3.05, 3.63) is 35.8 Å². The number of rotatable bonds is 3. The van der Waals surface area contributed by atoms with Gasteiger partial charge in [0.25, 0.3) is 0 Å². The number of nitrogens with one attached hydrogen (secondary N) is 1. The summed E-state index contributed by atoms with van der Waals surface area (Å²) in [6, 6.07) is 7.75. The molecule has 0 saturated heterocycles. The second-order valence-corrected chi connectivity index (χ2v) is 6.48. The third kappa shape index (κ3) is 3.66. The molecule has 1 heterocycles. The third-order valence-corrected chi connectivity index (χ3v) is 4.84. The minimum absolute atomic E-state index is 0. The summed E-state index contributed by atoms with van der Waals surface area (Å²) in [6.07, 6.45) is 6.58. The molecule has 3 rings (SSSR count). The number of amides is 1. The van der Waals surface area contributed by atoms with Crippen molar-refractivity contribution in [3.8, 4) is 10.6 Å². The average Bonchev–Trinajstić information content (AvgIpc) is 3.03. The molecule has 1 aromatic carbocycles. The normalized spacial score (nSPS) is 16.6. The van der Waals surface area contributed by atoms with E-state index in [0.717, 1.165) is 41.9 Å². The van der Waals surface area contributed by atoms with Gasteiger partial charge >= 0.3 is 0 Å². The molecule has 1 aliphatic carbocycles. The van der Waals surface area contributed by atoms with Gasteiger partial charge < -0.3 is 11.1 Å². The number of benzene rings is 1. The molecular weight excluding hydrogens is 318 g/mol. The standard InChI is InChI=1S/C16H19N3OS.ClH/c17-16(8-2-1-3-9-16)15(20)19-13-6-4-12(5-7-13)14-18-10-11-21-14;/h4-7,10-11H,1-3,8-9,17H2,(H,19,20);1H. The Morgan fingerprint density at radius 1 is 1.18 bits per heavy atom. The predicted octanol–water partition coefficient (Wildman–Crippen LogP) is 3.83. The van der Waals surface area contributed by atoms with Gasteiger partial charge in [0, 0.05) is 22.8 Å². The quantitative estimate of drug-likeness (QED) is 0.894. The van der Waals surface area contributed by atoms with Gasteiger partial charge in [0.05, 0.1) is 5.54 Å². The topological polar surface area (TPSA) is 68.0 Å². The molecule has 6 heteroatoms. The van der Waals surface area contributed by atoms with Gasteiger partial charge in [-0.15, -0.1) is 23.7 Å². The lowest BCUT2D eigenvalue weighted by Gasteiger charge is -2.31. The molecule has 1 aliphatic rings. The molecule has 1 fully saturated rings. The van der Waals surface area contributed by atoms with Crippen LogP contribution in [0.4, 0.5) is 5.69 Å². The first-order chi connectivity index (χ1) is 10.2. The minimum Gasteiger partial charge on any atom is -0.324 e. The lowest BCUT2D eigenvalue weighted by atomic mass is 9.82. The summed E-state index contributed by atoms with van der Waals surface area (Å²) in [5.74, 6) is -0.0656. The number of nitrogens with two attached hydrogens (primary N) is 1. The Balaban J connectivity index is 0.00000176. The van der Waals surface area contributed by atoms with Gasteiger partial charge in [-0.05, 0) is 37.1 Å². The van der Waals surface area contributed by atoms with E-state index in [1.54, 1.807) is 17.5 Å². The van der Waals surface area contributed by atoms with Crippen molar-refractivity contribution in [2.75, 3.05) is 5.32 Å². The number of carbonyl (C=O) groups excluding carboxylic acids is 1. The number of carbonyl (C=O) groups is 1. The van der Waals surface area contributed by atoms with Crippen molar-refractivity contribution in [2.24, 2.45) is 5.73 Å². The Morgan fingerprint density at radius 3 is 2.45 bits per heavy atom. The molecule has 2 aromatic rings. The van der Waals surface area contributed by atoms with E-state index in [9.17, 15) is 4.79 Å². The van der Waals surface area contributed by atoms with Crippen molar-refractivity contribution in [1.29, 1.82) is 0 Å². The number of halogens is 1. The lowest BCUT2D eigenvalue weighted by molar-refractivity contribution is -0.122. The fraction of sp³-hybridized carbons (Fsp3) is 0.375. The molecule has 118 valence electrons. The fourth-order valence-electron chi connectivity index (χ4n) is 2.73. The Morgan fingerprint density at radius 2 is 1.86 bits per heavy atom. The van der Waals surface area contributed by atoms with Gasteiger partial charge in [-0.1, -0.05) is 19.3 Å². The Labute approximate surface area is 140 Å². The predicted molar refractivity (Wildman–Crippen MR) is 93.4 cm³/mol. The first-order valence-electron chi connectivity index (χ1n) is 7.28. The maximum Gasteiger partial charge on any atom is 0.244 e. The van der Waals surface area contributed by atoms with Crippen LogP contribution in [-0.2, 0) is 4.79 Å². The molecule has 1 amide bonds. The lowest BCUT2D eigenvalue weighted by Crippen LogP contribution is -2.52. The average molecular weight is 338 g/mol. The third-order valence-electron chi connectivity index (χ3n) is 4.02. The molecular formula is C16H20ClN3OS. The zero-order chi connectivity index (χ0) is 14.7. The SMILES string of the molecule is Cl.NC1(C(=O)Nc2ccc(-c3nccs3)cc2)CCCCC1. The van der Waals surface area contributed by atoms with E-state index < -0.39 is 5.54 Å². The summed E-state index contributed by atoms with van der Waals surface area (Å²) in [5, 5.41) is 5.88. The summed E-state index contributed by atoms with van der Waals surface area (Å²) in [4.78, 5) is 16.6. The molecule has 1 aromatic heterocycles. The van der Waals surface area contributed by atoms with Crippen molar-refractivity contribution in [1.82, 2.24) is 4.98 Å². The highest BCUT2D eigenvalue weighted by molar-refractivity contribution is 7.13. The molecule has 0 spiro atoms. The van der Waals surface area contributed by atoms with Gasteiger partial charge in [-0.3, -0.25) is 4.79 Å². The minimum atomic E-state index is -0.702. The molecule has 22 heavy (non-hydrogen) atoms. The van der Waals surface area contributed by atoms with Crippen LogP contribution in [0.15, 0.2) is 35.8 Å². The summed E-state index contributed by atoms with van der Waals surface area (Å²) < 4.78 is 0. The molecule has 3 N–H and O–H groups in total. The van der Waals surface area contributed by atoms with E-state index in [0.29, 0.717) is 0 Å². The van der Waals surface area contributed by atoms with Crippen LogP contribution in [0.1, 0.15) is 32.1 Å². The van der Waals surface area contributed by atoms with Crippen LogP contribution >= 0.6 is 23.7 Å². The number of aromatic nitrogens is 1. The number of nitrogens with zero attached hydrogens (tertiary/aromatic N) is 1. The van der Waals surface area contributed by atoms with Crippen LogP contribution < -0.4 is 11.1 Å². The largest absolute Gasteiger partial charge is 0.324 e. The molecule has 0 aliphatic heterocycles. The van der Waals surface area contributed by atoms with Crippen LogP contribution in [-0.4, -0.2) is 16.4 Å². The number of thiazole rings is 1. The first-order valence-corrected chi connectivity index (χ1v) is 8.16. The highest BCUT2D eigenvalue weighted by Gasteiger charge is 2.35. The Hall–Kier alpha value is -1.43. The number of anilines is 1. The Bertz CT molecular complexity index is 607. The summed E-state index contributed by atoms with van der Waals surface area (Å²) in [6.45, 7) is 0. The van der Waals surface area contributed by atoms with Crippen LogP contribution in [0.25, 0.3) is 10.6 Å². The van der Waals surface area contributed by atoms with Gasteiger partial charge in [0.2, 0.25) is 5.91 Å². The van der Waals surface area contributed by atoms with Crippen LogP contribution in [0.3, 0.4) is 0 Å². The van der Waals surface area contributed by atoms with Gasteiger partial charge in [-0.2, -0.15) is 0 Å². The zero-order valence-electron chi connectivity index (χ0n) is 12.2. The van der Waals surface area contributed by atoms with Gasteiger partial charge in [-0.25, -0.2) is 4.98 Å². The van der Waals surface area contributed by atoms with Crippen molar-refractivity contribution in [3.63, 3.8) is 0 Å². The first kappa shape index (κ1) is 16.9. The van der Waals surface area contributed by atoms with E-state index in [1.807, 2.05) is 29.6 Å². The molecule has 0 bridgehead atoms. The second kappa shape index (κ2) is 7.22. The number of hydrogen-bond donors (Lipinski definition) is 2. The van der Waals surface area contributed by atoms with E-state index in [-0.39, 0.29) is 18.3 Å². The fourth-order valence-corrected chi connectivity index (χ4v) is 3.37. The monoisotopic (exact) mass is 337 g/mol. The second-order valence-electron chi connectivity index (χ2n) is 5.59. The summed E-state index contributed by atoms with van der Waals surface area (Å²) >= 11 is 1.60. The van der Waals surface area contributed by atoms with Gasteiger partial charge in [0.1, 0.15) is 5.01 Å². The smallest absolute Gasteiger partial charge is 0.244 e. The van der Waals surface area contributed by atoms with E-state index in [1.165, 1.54) is 6.42 Å². The number of hydrogen-bond acceptors (Lipinski definition) is 4. The molecule has 0 radical (unpaired) electrons. The van der Waals surface area contributed by atoms with Crippen molar-refractivity contribution < 1.29 is 4.79 Å². The summed E-state index contributed by atoms with van der Waals surface area (Å²) in [7, 11) is 0. The van der Waals surface area contributed by atoms with Crippen LogP contribution in [0.2, 0.25) is 0 Å². The van der Waals surface area contributed by atoms with Crippen molar-refractivity contribution >= 4 is 35.3 Å².